The second kappa shape index (κ2) is 7.13. The van der Waals surface area contributed by atoms with Gasteiger partial charge in [0.2, 0.25) is 0 Å². The van der Waals surface area contributed by atoms with Gasteiger partial charge >= 0.3 is 0 Å². The van der Waals surface area contributed by atoms with Crippen LogP contribution in [0.5, 0.6) is 11.5 Å². The van der Waals surface area contributed by atoms with Crippen LogP contribution in [0.25, 0.3) is 11.8 Å². The number of rotatable bonds is 3. The number of nitro groups is 1. The molecule has 5 nitrogen and oxygen atoms in total. The molecule has 154 valence electrons. The van der Waals surface area contributed by atoms with Gasteiger partial charge in [0.05, 0.1) is 17.6 Å². The van der Waals surface area contributed by atoms with Gasteiger partial charge in [-0.25, -0.2) is 0 Å². The lowest BCUT2D eigenvalue weighted by molar-refractivity contribution is -0.385. The van der Waals surface area contributed by atoms with E-state index in [0.717, 1.165) is 39.5 Å². The number of fused-ring (bicyclic) bond motifs is 3. The third-order valence-corrected chi connectivity index (χ3v) is 6.30. The lowest BCUT2D eigenvalue weighted by atomic mass is 9.65. The molecule has 0 N–H and O–H groups in total. The van der Waals surface area contributed by atoms with Crippen molar-refractivity contribution in [1.82, 2.24) is 0 Å². The SMILES string of the molecule is COc1ccc2c(c1)OC(c1ccccc1)=C(C)C21C=Cc2c(cccc2[N+](=O)[O-])C1. The summed E-state index contributed by atoms with van der Waals surface area (Å²) in [5, 5.41) is 11.5. The highest BCUT2D eigenvalue weighted by Gasteiger charge is 2.43. The molecular formula is C26H21NO4. The number of hydrogen-bond donors (Lipinski definition) is 0. The predicted molar refractivity (Wildman–Crippen MR) is 120 cm³/mol. The predicted octanol–water partition coefficient (Wildman–Crippen LogP) is 5.93. The summed E-state index contributed by atoms with van der Waals surface area (Å²) in [6, 6.07) is 21.2. The van der Waals surface area contributed by atoms with E-state index in [1.54, 1.807) is 19.2 Å². The number of methoxy groups -OCH3 is 1. The molecule has 2 aliphatic rings. The fourth-order valence-corrected chi connectivity index (χ4v) is 4.67. The van der Waals surface area contributed by atoms with Gasteiger partial charge in [-0.2, -0.15) is 0 Å². The zero-order valence-corrected chi connectivity index (χ0v) is 17.3. The second-order valence-corrected chi connectivity index (χ2v) is 7.87. The van der Waals surface area contributed by atoms with Crippen molar-refractivity contribution in [1.29, 1.82) is 0 Å². The van der Waals surface area contributed by atoms with Crippen LogP contribution in [0, 0.1) is 10.1 Å². The van der Waals surface area contributed by atoms with Crippen LogP contribution in [0.15, 0.2) is 78.4 Å². The lowest BCUT2D eigenvalue weighted by Gasteiger charge is -2.41. The van der Waals surface area contributed by atoms with E-state index in [-0.39, 0.29) is 10.6 Å². The van der Waals surface area contributed by atoms with Crippen LogP contribution < -0.4 is 9.47 Å². The Morgan fingerprint density at radius 2 is 1.87 bits per heavy atom. The maximum atomic E-state index is 11.5. The fourth-order valence-electron chi connectivity index (χ4n) is 4.67. The van der Waals surface area contributed by atoms with Crippen LogP contribution in [-0.4, -0.2) is 12.0 Å². The summed E-state index contributed by atoms with van der Waals surface area (Å²) >= 11 is 0. The minimum absolute atomic E-state index is 0.135. The van der Waals surface area contributed by atoms with Crippen molar-refractivity contribution < 1.29 is 14.4 Å². The molecule has 3 aromatic rings. The van der Waals surface area contributed by atoms with Crippen molar-refractivity contribution in [3.63, 3.8) is 0 Å². The van der Waals surface area contributed by atoms with E-state index in [4.69, 9.17) is 9.47 Å². The number of hydrogen-bond acceptors (Lipinski definition) is 4. The quantitative estimate of drug-likeness (QED) is 0.396. The van der Waals surface area contributed by atoms with E-state index in [1.165, 1.54) is 0 Å². The Morgan fingerprint density at radius 3 is 2.61 bits per heavy atom. The number of nitro benzene ring substituents is 1. The highest BCUT2D eigenvalue weighted by atomic mass is 16.6. The summed E-state index contributed by atoms with van der Waals surface area (Å²) in [7, 11) is 1.63. The second-order valence-electron chi connectivity index (χ2n) is 7.87. The molecule has 0 amide bonds. The lowest BCUT2D eigenvalue weighted by Crippen LogP contribution is -2.35. The Labute approximate surface area is 180 Å². The molecule has 1 atom stereocenters. The van der Waals surface area contributed by atoms with Crippen molar-refractivity contribution in [3.05, 3.63) is 111 Å². The van der Waals surface area contributed by atoms with Gasteiger partial charge in [-0.3, -0.25) is 10.1 Å². The van der Waals surface area contributed by atoms with Gasteiger partial charge < -0.3 is 9.47 Å². The van der Waals surface area contributed by atoms with E-state index < -0.39 is 5.41 Å². The van der Waals surface area contributed by atoms with Gasteiger partial charge in [0, 0.05) is 28.7 Å². The highest BCUT2D eigenvalue weighted by Crippen LogP contribution is 2.52. The van der Waals surface area contributed by atoms with Crippen LogP contribution in [0.1, 0.15) is 29.2 Å². The average Bonchev–Trinajstić information content (AvgIpc) is 2.81. The van der Waals surface area contributed by atoms with Crippen LogP contribution >= 0.6 is 0 Å². The number of benzene rings is 3. The molecule has 0 saturated carbocycles. The van der Waals surface area contributed by atoms with Gasteiger partial charge in [-0.15, -0.1) is 0 Å². The molecule has 0 aromatic heterocycles. The topological polar surface area (TPSA) is 61.6 Å². The summed E-state index contributed by atoms with van der Waals surface area (Å²) in [5.41, 5.74) is 4.39. The van der Waals surface area contributed by atoms with Crippen LogP contribution in [-0.2, 0) is 11.8 Å². The first kappa shape index (κ1) is 19.1. The summed E-state index contributed by atoms with van der Waals surface area (Å²) in [6.45, 7) is 2.09. The summed E-state index contributed by atoms with van der Waals surface area (Å²) in [6.07, 6.45) is 4.60. The molecule has 1 spiro atoms. The molecule has 0 fully saturated rings. The van der Waals surface area contributed by atoms with Gasteiger partial charge in [0.25, 0.3) is 5.69 Å². The Bertz CT molecular complexity index is 1260. The van der Waals surface area contributed by atoms with Crippen molar-refractivity contribution >= 4 is 17.5 Å². The Hall–Kier alpha value is -3.86. The van der Waals surface area contributed by atoms with Crippen molar-refractivity contribution in [2.75, 3.05) is 7.11 Å². The third-order valence-electron chi connectivity index (χ3n) is 6.30. The van der Waals surface area contributed by atoms with E-state index in [9.17, 15) is 10.1 Å². The van der Waals surface area contributed by atoms with Gasteiger partial charge in [-0.05, 0) is 30.5 Å². The Morgan fingerprint density at radius 1 is 1.06 bits per heavy atom. The van der Waals surface area contributed by atoms with Crippen LogP contribution in [0.2, 0.25) is 0 Å². The molecule has 0 bridgehead atoms. The van der Waals surface area contributed by atoms with E-state index >= 15 is 0 Å². The van der Waals surface area contributed by atoms with E-state index in [2.05, 4.69) is 13.0 Å². The van der Waals surface area contributed by atoms with Crippen molar-refractivity contribution in [3.8, 4) is 11.5 Å². The zero-order chi connectivity index (χ0) is 21.6. The molecule has 1 heterocycles. The maximum absolute atomic E-state index is 11.5. The van der Waals surface area contributed by atoms with E-state index in [0.29, 0.717) is 12.0 Å². The monoisotopic (exact) mass is 411 g/mol. The van der Waals surface area contributed by atoms with Crippen molar-refractivity contribution in [2.24, 2.45) is 0 Å². The summed E-state index contributed by atoms with van der Waals surface area (Å²) in [4.78, 5) is 11.2. The third kappa shape index (κ3) is 2.93. The maximum Gasteiger partial charge on any atom is 0.276 e. The molecule has 3 aromatic carbocycles. The first-order valence-electron chi connectivity index (χ1n) is 10.1. The van der Waals surface area contributed by atoms with Crippen molar-refractivity contribution in [2.45, 2.75) is 18.8 Å². The molecule has 1 unspecified atom stereocenters. The highest BCUT2D eigenvalue weighted by molar-refractivity contribution is 5.78. The first-order valence-corrected chi connectivity index (χ1v) is 10.1. The molecule has 0 saturated heterocycles. The largest absolute Gasteiger partial charge is 0.497 e. The van der Waals surface area contributed by atoms with Gasteiger partial charge in [0.15, 0.2) is 0 Å². The molecule has 31 heavy (non-hydrogen) atoms. The zero-order valence-electron chi connectivity index (χ0n) is 17.3. The smallest absolute Gasteiger partial charge is 0.276 e. The fraction of sp³-hybridized carbons (Fsp3) is 0.154. The molecule has 0 radical (unpaired) electrons. The van der Waals surface area contributed by atoms with Gasteiger partial charge in [-0.1, -0.05) is 60.7 Å². The minimum atomic E-state index is -0.465. The normalized spacial score (nSPS) is 18.9. The van der Waals surface area contributed by atoms with E-state index in [1.807, 2.05) is 60.7 Å². The molecular weight excluding hydrogens is 390 g/mol. The minimum Gasteiger partial charge on any atom is -0.497 e. The standard InChI is InChI=1S/C26H21NO4/c1-17-25(18-7-4-3-5-8-18)31-24-15-20(30-2)11-12-22(24)26(17)14-13-21-19(16-26)9-6-10-23(21)27(28)29/h3-15H,16H2,1-2H3. The molecule has 5 heteroatoms. The summed E-state index contributed by atoms with van der Waals surface area (Å²) in [5.74, 6) is 2.26. The van der Waals surface area contributed by atoms with Gasteiger partial charge in [0.1, 0.15) is 17.3 Å². The first-order chi connectivity index (χ1) is 15.0. The Kier molecular flexibility index (Phi) is 4.40. The molecule has 5 rings (SSSR count). The Balaban J connectivity index is 1.75. The number of nitrogens with zero attached hydrogens (tertiary/aromatic N) is 1. The molecule has 1 aliphatic heterocycles. The summed E-state index contributed by atoms with van der Waals surface area (Å²) < 4.78 is 11.8. The number of allylic oxidation sites excluding steroid dienone is 2. The molecule has 1 aliphatic carbocycles. The van der Waals surface area contributed by atoms with Crippen LogP contribution in [0.4, 0.5) is 5.69 Å². The average molecular weight is 411 g/mol. The van der Waals surface area contributed by atoms with Crippen LogP contribution in [0.3, 0.4) is 0 Å². The number of ether oxygens (including phenoxy) is 2.